The van der Waals surface area contributed by atoms with Crippen LogP contribution in [-0.2, 0) is 88.5 Å². The molecule has 0 amide bonds. The first-order valence-electron chi connectivity index (χ1n) is 57.8. The van der Waals surface area contributed by atoms with Gasteiger partial charge in [0.1, 0.15) is 12.7 Å². The summed E-state index contributed by atoms with van der Waals surface area (Å²) in [4.78, 5) is 86.5. The van der Waals surface area contributed by atoms with Crippen molar-refractivity contribution in [3.05, 3.63) is 291 Å². The Labute approximate surface area is 889 Å². The number of carbonyl (C=O) groups is 5. The maximum absolute atomic E-state index is 12.3. The van der Waals surface area contributed by atoms with Crippen molar-refractivity contribution in [2.24, 2.45) is 135 Å². The highest BCUT2D eigenvalue weighted by molar-refractivity contribution is 5.93. The summed E-state index contributed by atoms with van der Waals surface area (Å²) < 4.78 is 26.2. The molecule has 0 unspecified atom stereocenters. The van der Waals surface area contributed by atoms with Gasteiger partial charge >= 0.3 is 29.8 Å². The molecule has 4 aromatic heterocycles. The predicted molar refractivity (Wildman–Crippen MR) is 589 cm³/mol. The van der Waals surface area contributed by atoms with E-state index in [2.05, 4.69) is 111 Å². The third-order valence-electron chi connectivity index (χ3n) is 38.2. The first kappa shape index (κ1) is 104. The molecule has 20 aliphatic rings. The van der Waals surface area contributed by atoms with Crippen LogP contribution in [-0.4, -0.2) is 92.8 Å². The Morgan fingerprint density at radius 3 is 0.747 bits per heavy atom. The summed E-state index contributed by atoms with van der Waals surface area (Å²) in [6.07, 6.45) is 58.4. The average Bonchev–Trinajstić information content (AvgIpc) is 0.736. The molecule has 4 heterocycles. The lowest BCUT2D eigenvalue weighted by molar-refractivity contribution is -0.0522. The minimum absolute atomic E-state index is 0.235. The van der Waals surface area contributed by atoms with Gasteiger partial charge in [0.2, 0.25) is 0 Å². The number of esters is 5. The molecule has 21 heteroatoms. The third-order valence-corrected chi connectivity index (χ3v) is 38.2. The first-order chi connectivity index (χ1) is 73.3. The minimum Gasteiger partial charge on any atom is -0.462 e. The number of hydrogen-bond acceptors (Lipinski definition) is 21. The van der Waals surface area contributed by atoms with E-state index in [-0.39, 0.29) is 29.8 Å². The minimum atomic E-state index is -0.260. The second kappa shape index (κ2) is 48.0. The average molecular weight is 2020 g/mol. The molecule has 0 saturated heterocycles. The fraction of sp³-hybridized carbons (Fsp3) is 0.543. The fourth-order valence-corrected chi connectivity index (χ4v) is 33.4. The van der Waals surface area contributed by atoms with E-state index in [1.807, 2.05) is 163 Å². The molecule has 0 atom stereocenters. The van der Waals surface area contributed by atoms with Crippen LogP contribution in [0.1, 0.15) is 316 Å². The van der Waals surface area contributed by atoms with Crippen molar-refractivity contribution in [2.45, 2.75) is 273 Å². The SMILES string of the molecule is CCOC(=O)c1ccc(CC23CC4CC(CC(C4)C2)C3)c(NCc2ccncc2)c1.CCOC(=O)c1ccc(CC23CC4CC(CC(C4)C2)C3)c(NCc2ccncn2)c1.CCOC(=O)c1ccc(CC2C3CC4CC(C3)CC2C4)c(NCc2ccccc2)c1.CCOC(=O)c1ccc(CC2C3CC4CC(C3)CC2C4)c(NCc2ccncc2)c1.CCOC(=O)c1ccc(CC2C3CC4CC(C3)CC2C4)c(NCc2ccncn2)c1. The number of ether oxygens (including phenoxy) is 5. The summed E-state index contributed by atoms with van der Waals surface area (Å²) in [7, 11) is 0. The highest BCUT2D eigenvalue weighted by atomic mass is 16.5. The van der Waals surface area contributed by atoms with Gasteiger partial charge in [-0.1, -0.05) is 60.7 Å². The summed E-state index contributed by atoms with van der Waals surface area (Å²) in [5.41, 5.74) is 21.5. The Morgan fingerprint density at radius 1 is 0.260 bits per heavy atom. The van der Waals surface area contributed by atoms with Crippen LogP contribution in [0.15, 0.2) is 208 Å². The van der Waals surface area contributed by atoms with Gasteiger partial charge in [0.25, 0.3) is 0 Å². The summed E-state index contributed by atoms with van der Waals surface area (Å²) in [5.74, 6) is 18.2. The lowest BCUT2D eigenvalue weighted by atomic mass is 9.48. The monoisotopic (exact) mass is 2020 g/mol. The summed E-state index contributed by atoms with van der Waals surface area (Å²) in [6.45, 7) is 14.6. The van der Waals surface area contributed by atoms with E-state index in [0.717, 1.165) is 216 Å². The van der Waals surface area contributed by atoms with Crippen molar-refractivity contribution >= 4 is 58.3 Å². The fourth-order valence-electron chi connectivity index (χ4n) is 33.4. The molecule has 150 heavy (non-hydrogen) atoms. The van der Waals surface area contributed by atoms with Crippen molar-refractivity contribution in [1.82, 2.24) is 29.9 Å². The molecule has 20 bridgehead atoms. The Bertz CT molecular complexity index is 5590. The maximum atomic E-state index is 12.3. The lowest BCUT2D eigenvalue weighted by Crippen LogP contribution is -2.47. The van der Waals surface area contributed by atoms with Gasteiger partial charge in [0, 0.05) is 85.3 Å². The molecule has 0 radical (unpaired) electrons. The molecule has 0 aliphatic heterocycles. The van der Waals surface area contributed by atoms with Gasteiger partial charge in [-0.15, -0.1) is 0 Å². The van der Waals surface area contributed by atoms with Gasteiger partial charge < -0.3 is 50.3 Å². The van der Waals surface area contributed by atoms with Gasteiger partial charge in [-0.2, -0.15) is 0 Å². The van der Waals surface area contributed by atoms with Crippen LogP contribution < -0.4 is 26.6 Å². The number of hydrogen-bond donors (Lipinski definition) is 5. The predicted octanol–water partition coefficient (Wildman–Crippen LogP) is 27.1. The first-order valence-corrected chi connectivity index (χ1v) is 57.8. The topological polar surface area (TPSA) is 269 Å². The lowest BCUT2D eigenvalue weighted by Gasteiger charge is -2.57. The van der Waals surface area contributed by atoms with Crippen LogP contribution in [0.5, 0.6) is 0 Å². The molecule has 0 spiro atoms. The van der Waals surface area contributed by atoms with E-state index in [9.17, 15) is 24.0 Å². The standard InChI is InChI=1S/C27H33NO2.2C26H32N2O2.2C25H31N3O2/c1-2-30-27(29)22-9-8-21(26(16-22)28-17-18-6-4-3-5-7-18)15-25-23-11-19-10-20(13-23)14-24(25)12-19;1-2-30-25(29)22-3-4-23(24(12-22)28-17-18-5-7-27-8-6-18)16-26-13-19-9-20(14-26)11-21(10-19)15-26;1-2-30-26(29)21-4-3-20(25(15-21)28-16-17-5-7-27-8-6-17)14-24-22-10-18-9-19(12-22)13-23(24)11-18;1-2-30-24(29)20-3-4-21(23(10-20)27-15-22-5-6-26-16-28-22)14-25-11-17-7-18(12-25)9-19(8-17)13-25;1-2-30-25(29)19-4-3-18(24(13-19)27-14-22-5-6-26-15-28-22)12-23-20-8-16-7-17(10-20)11-21(23)9-16/h3-9,16,19-20,23-25,28H,2,10-15,17H2,1H3;3-8,12,19-21,28H,2,9-11,13-17H2,1H3;3-8,15,18-19,22-24,28H,2,9-14,16H2,1H3;3-6,10,16-19,27H,2,7-9,11-15H2,1H3;3-6,13,15-17,20-21,23,27H,2,7-12,14H2,1H3. The number of pyridine rings is 2. The molecular weight excluding hydrogens is 1860 g/mol. The van der Waals surface area contributed by atoms with E-state index < -0.39 is 0 Å². The number of nitrogens with one attached hydrogen (secondary N) is 5. The number of carbonyl (C=O) groups excluding carboxylic acids is 5. The molecular formula is C129H159N11O10. The molecule has 10 aromatic rings. The van der Waals surface area contributed by atoms with E-state index in [1.54, 1.807) is 25.0 Å². The number of anilines is 5. The Morgan fingerprint density at radius 2 is 0.493 bits per heavy atom. The van der Waals surface area contributed by atoms with Crippen molar-refractivity contribution in [3.8, 4) is 0 Å². The van der Waals surface area contributed by atoms with Crippen LogP contribution in [0.3, 0.4) is 0 Å². The zero-order valence-electron chi connectivity index (χ0n) is 89.2. The number of benzene rings is 6. The second-order valence-corrected chi connectivity index (χ2v) is 48.4. The highest BCUT2D eigenvalue weighted by Gasteiger charge is 2.55. The van der Waals surface area contributed by atoms with Crippen LogP contribution in [0, 0.1) is 135 Å². The molecule has 21 nitrogen and oxygen atoms in total. The van der Waals surface area contributed by atoms with Gasteiger partial charge in [-0.05, 0) is 517 Å². The summed E-state index contributed by atoms with van der Waals surface area (Å²) >= 11 is 0. The molecule has 20 fully saturated rings. The van der Waals surface area contributed by atoms with Crippen molar-refractivity contribution in [1.29, 1.82) is 0 Å². The van der Waals surface area contributed by atoms with Crippen molar-refractivity contribution in [3.63, 3.8) is 0 Å². The van der Waals surface area contributed by atoms with Crippen molar-refractivity contribution < 1.29 is 47.7 Å². The molecule has 6 aromatic carbocycles. The van der Waals surface area contributed by atoms with Crippen molar-refractivity contribution in [2.75, 3.05) is 59.6 Å². The number of aromatic nitrogens is 6. The summed E-state index contributed by atoms with van der Waals surface area (Å²) in [6, 6.07) is 52.8. The second-order valence-electron chi connectivity index (χ2n) is 48.4. The quantitative estimate of drug-likeness (QED) is 0.0182. The molecule has 20 saturated carbocycles. The van der Waals surface area contributed by atoms with Gasteiger partial charge in [-0.3, -0.25) is 9.97 Å². The maximum Gasteiger partial charge on any atom is 0.338 e. The van der Waals surface area contributed by atoms with Crippen LogP contribution >= 0.6 is 0 Å². The third kappa shape index (κ3) is 25.4. The normalized spacial score (nSPS) is 29.0. The van der Waals surface area contributed by atoms with E-state index in [1.165, 1.54) is 218 Å². The van der Waals surface area contributed by atoms with Crippen LogP contribution in [0.4, 0.5) is 28.4 Å². The zero-order chi connectivity index (χ0) is 103. The number of nitrogens with zero attached hydrogens (tertiary/aromatic N) is 6. The zero-order valence-corrected chi connectivity index (χ0v) is 89.2. The van der Waals surface area contributed by atoms with E-state index in [4.69, 9.17) is 23.7 Å². The van der Waals surface area contributed by atoms with Crippen LogP contribution in [0.2, 0.25) is 0 Å². The van der Waals surface area contributed by atoms with E-state index >= 15 is 0 Å². The smallest absolute Gasteiger partial charge is 0.338 e. The Kier molecular flexibility index (Phi) is 33.2. The van der Waals surface area contributed by atoms with Crippen LogP contribution in [0.25, 0.3) is 0 Å². The molecule has 790 valence electrons. The number of rotatable bonds is 35. The van der Waals surface area contributed by atoms with Gasteiger partial charge in [-0.25, -0.2) is 43.9 Å². The van der Waals surface area contributed by atoms with Gasteiger partial charge in [0.05, 0.1) is 85.3 Å². The molecule has 5 N–H and O–H groups in total. The highest BCUT2D eigenvalue weighted by Crippen LogP contribution is 2.65. The largest absolute Gasteiger partial charge is 0.462 e. The van der Waals surface area contributed by atoms with E-state index in [0.29, 0.717) is 84.8 Å². The Hall–Kier alpha value is -11.9. The Balaban J connectivity index is 0.000000109. The summed E-state index contributed by atoms with van der Waals surface area (Å²) in [5, 5.41) is 17.9. The van der Waals surface area contributed by atoms with Gasteiger partial charge in [0.15, 0.2) is 0 Å². The molecule has 30 rings (SSSR count). The molecule has 20 aliphatic carbocycles.